The topological polar surface area (TPSA) is 47.0 Å². The molecule has 0 aromatic carbocycles. The molecule has 0 unspecified atom stereocenters. The molecule has 1 aliphatic carbocycles. The fraction of sp³-hybridized carbons (Fsp3) is 0.750. The van der Waals surface area contributed by atoms with Gasteiger partial charge >= 0.3 is 0 Å². The van der Waals surface area contributed by atoms with E-state index in [1.807, 2.05) is 0 Å². The maximum absolute atomic E-state index is 5.79. The van der Waals surface area contributed by atoms with Crippen LogP contribution in [0, 0.1) is 0 Å². The van der Waals surface area contributed by atoms with Crippen LogP contribution in [0.3, 0.4) is 0 Å². The fourth-order valence-electron chi connectivity index (χ4n) is 3.06. The standard InChI is InChI=1S/C16H27N3O/c1-5-16(6-2,20-4)15-18-13-11-9-8-10-12(13)14(19-15)17-7-3/h5-11H2,1-4H3,(H,17,18,19). The minimum Gasteiger partial charge on any atom is -0.370 e. The van der Waals surface area contributed by atoms with Crippen LogP contribution >= 0.6 is 0 Å². The van der Waals surface area contributed by atoms with E-state index in [2.05, 4.69) is 26.1 Å². The summed E-state index contributed by atoms with van der Waals surface area (Å²) >= 11 is 0. The number of hydrogen-bond donors (Lipinski definition) is 1. The van der Waals surface area contributed by atoms with E-state index in [1.54, 1.807) is 7.11 Å². The van der Waals surface area contributed by atoms with Crippen LogP contribution in [0.1, 0.15) is 63.5 Å². The van der Waals surface area contributed by atoms with Gasteiger partial charge in [0, 0.05) is 24.9 Å². The number of methoxy groups -OCH3 is 1. The summed E-state index contributed by atoms with van der Waals surface area (Å²) in [6, 6.07) is 0. The van der Waals surface area contributed by atoms with Crippen LogP contribution in [0.25, 0.3) is 0 Å². The van der Waals surface area contributed by atoms with Gasteiger partial charge in [-0.1, -0.05) is 13.8 Å². The molecule has 0 aliphatic heterocycles. The minimum absolute atomic E-state index is 0.351. The molecular weight excluding hydrogens is 250 g/mol. The summed E-state index contributed by atoms with van der Waals surface area (Å²) in [7, 11) is 1.77. The van der Waals surface area contributed by atoms with Crippen molar-refractivity contribution in [2.45, 2.75) is 64.9 Å². The Morgan fingerprint density at radius 3 is 2.40 bits per heavy atom. The second-order valence-corrected chi connectivity index (χ2v) is 5.46. The highest BCUT2D eigenvalue weighted by Gasteiger charge is 2.33. The van der Waals surface area contributed by atoms with E-state index < -0.39 is 0 Å². The molecule has 1 N–H and O–H groups in total. The third kappa shape index (κ3) is 2.66. The summed E-state index contributed by atoms with van der Waals surface area (Å²) in [5, 5.41) is 3.41. The Morgan fingerprint density at radius 2 is 1.80 bits per heavy atom. The molecule has 1 heterocycles. The largest absolute Gasteiger partial charge is 0.370 e. The Morgan fingerprint density at radius 1 is 1.10 bits per heavy atom. The average Bonchev–Trinajstić information content (AvgIpc) is 2.50. The van der Waals surface area contributed by atoms with Gasteiger partial charge in [0.2, 0.25) is 0 Å². The van der Waals surface area contributed by atoms with E-state index >= 15 is 0 Å². The predicted octanol–water partition coefficient (Wildman–Crippen LogP) is 3.45. The lowest BCUT2D eigenvalue weighted by Gasteiger charge is -2.30. The molecule has 1 aliphatic rings. The molecule has 1 aromatic heterocycles. The lowest BCUT2D eigenvalue weighted by Crippen LogP contribution is -2.31. The second-order valence-electron chi connectivity index (χ2n) is 5.46. The first-order valence-electron chi connectivity index (χ1n) is 7.90. The molecule has 0 saturated carbocycles. The minimum atomic E-state index is -0.351. The van der Waals surface area contributed by atoms with Gasteiger partial charge in [0.1, 0.15) is 11.4 Å². The van der Waals surface area contributed by atoms with Crippen molar-refractivity contribution in [3.63, 3.8) is 0 Å². The van der Waals surface area contributed by atoms with Crippen LogP contribution in [0.15, 0.2) is 0 Å². The van der Waals surface area contributed by atoms with Crippen molar-refractivity contribution in [3.05, 3.63) is 17.1 Å². The number of nitrogens with zero attached hydrogens (tertiary/aromatic N) is 2. The quantitative estimate of drug-likeness (QED) is 0.865. The van der Waals surface area contributed by atoms with Gasteiger partial charge in [-0.05, 0) is 45.4 Å². The molecule has 1 aromatic rings. The van der Waals surface area contributed by atoms with Crippen molar-refractivity contribution >= 4 is 5.82 Å². The molecule has 4 nitrogen and oxygen atoms in total. The zero-order valence-electron chi connectivity index (χ0n) is 13.3. The zero-order chi connectivity index (χ0) is 14.6. The van der Waals surface area contributed by atoms with Crippen LogP contribution < -0.4 is 5.32 Å². The van der Waals surface area contributed by atoms with E-state index in [4.69, 9.17) is 14.7 Å². The summed E-state index contributed by atoms with van der Waals surface area (Å²) in [6.07, 6.45) is 6.42. The lowest BCUT2D eigenvalue weighted by atomic mass is 9.93. The van der Waals surface area contributed by atoms with Crippen LogP contribution in [-0.2, 0) is 23.2 Å². The summed E-state index contributed by atoms with van der Waals surface area (Å²) in [4.78, 5) is 9.68. The van der Waals surface area contributed by atoms with Gasteiger partial charge in [0.05, 0.1) is 0 Å². The highest BCUT2D eigenvalue weighted by molar-refractivity contribution is 5.48. The van der Waals surface area contributed by atoms with Crippen molar-refractivity contribution in [2.75, 3.05) is 19.0 Å². The first kappa shape index (κ1) is 15.2. The second kappa shape index (κ2) is 6.53. The molecule has 0 radical (unpaired) electrons. The van der Waals surface area contributed by atoms with Crippen LogP contribution in [0.2, 0.25) is 0 Å². The molecular formula is C16H27N3O. The number of aryl methyl sites for hydroxylation is 1. The van der Waals surface area contributed by atoms with E-state index in [1.165, 1.54) is 24.1 Å². The molecule has 4 heteroatoms. The maximum Gasteiger partial charge on any atom is 0.162 e. The highest BCUT2D eigenvalue weighted by atomic mass is 16.5. The number of fused-ring (bicyclic) bond motifs is 1. The molecule has 20 heavy (non-hydrogen) atoms. The fourth-order valence-corrected chi connectivity index (χ4v) is 3.06. The number of rotatable bonds is 6. The van der Waals surface area contributed by atoms with Crippen LogP contribution in [-0.4, -0.2) is 23.6 Å². The number of nitrogens with one attached hydrogen (secondary N) is 1. The van der Waals surface area contributed by atoms with Gasteiger partial charge in [-0.3, -0.25) is 0 Å². The van der Waals surface area contributed by atoms with Gasteiger partial charge < -0.3 is 10.1 Å². The normalized spacial score (nSPS) is 15.0. The molecule has 0 bridgehead atoms. The van der Waals surface area contributed by atoms with Crippen molar-refractivity contribution in [2.24, 2.45) is 0 Å². The summed E-state index contributed by atoms with van der Waals surface area (Å²) in [6.45, 7) is 7.28. The molecule has 2 rings (SSSR count). The average molecular weight is 277 g/mol. The van der Waals surface area contributed by atoms with Crippen LogP contribution in [0.5, 0.6) is 0 Å². The summed E-state index contributed by atoms with van der Waals surface area (Å²) in [5.41, 5.74) is 2.19. The smallest absolute Gasteiger partial charge is 0.162 e. The Labute approximate surface area is 122 Å². The highest BCUT2D eigenvalue weighted by Crippen LogP contribution is 2.33. The van der Waals surface area contributed by atoms with Crippen molar-refractivity contribution in [1.29, 1.82) is 0 Å². The number of aromatic nitrogens is 2. The van der Waals surface area contributed by atoms with Gasteiger partial charge in [-0.25, -0.2) is 9.97 Å². The molecule has 0 fully saturated rings. The predicted molar refractivity (Wildman–Crippen MR) is 82.1 cm³/mol. The number of ether oxygens (including phenoxy) is 1. The van der Waals surface area contributed by atoms with Crippen molar-refractivity contribution < 1.29 is 4.74 Å². The van der Waals surface area contributed by atoms with Crippen molar-refractivity contribution in [3.8, 4) is 0 Å². The van der Waals surface area contributed by atoms with Gasteiger partial charge in [0.25, 0.3) is 0 Å². The van der Waals surface area contributed by atoms with Gasteiger partial charge in [-0.2, -0.15) is 0 Å². The molecule has 112 valence electrons. The molecule has 0 atom stereocenters. The first-order chi connectivity index (χ1) is 9.70. The van der Waals surface area contributed by atoms with E-state index in [0.717, 1.165) is 43.9 Å². The molecule has 0 amide bonds. The SMILES string of the molecule is CCNc1nc(C(CC)(CC)OC)nc2c1CCCC2. The third-order valence-electron chi connectivity index (χ3n) is 4.47. The van der Waals surface area contributed by atoms with Crippen molar-refractivity contribution in [1.82, 2.24) is 9.97 Å². The summed E-state index contributed by atoms with van der Waals surface area (Å²) in [5.74, 6) is 1.87. The van der Waals surface area contributed by atoms with E-state index in [0.29, 0.717) is 0 Å². The maximum atomic E-state index is 5.79. The first-order valence-corrected chi connectivity index (χ1v) is 7.90. The summed E-state index contributed by atoms with van der Waals surface area (Å²) < 4.78 is 5.79. The Balaban J connectivity index is 2.51. The zero-order valence-corrected chi connectivity index (χ0v) is 13.3. The molecule has 0 saturated heterocycles. The Kier molecular flexibility index (Phi) is 4.97. The molecule has 0 spiro atoms. The number of hydrogen-bond acceptors (Lipinski definition) is 4. The Bertz CT molecular complexity index is 447. The van der Waals surface area contributed by atoms with Gasteiger partial charge in [-0.15, -0.1) is 0 Å². The monoisotopic (exact) mass is 277 g/mol. The third-order valence-corrected chi connectivity index (χ3v) is 4.47. The number of anilines is 1. The Hall–Kier alpha value is -1.16. The van der Waals surface area contributed by atoms with Gasteiger partial charge in [0.15, 0.2) is 5.82 Å². The van der Waals surface area contributed by atoms with E-state index in [-0.39, 0.29) is 5.60 Å². The lowest BCUT2D eigenvalue weighted by molar-refractivity contribution is -0.0292. The van der Waals surface area contributed by atoms with Crippen LogP contribution in [0.4, 0.5) is 5.82 Å². The van der Waals surface area contributed by atoms with E-state index in [9.17, 15) is 0 Å².